The molecule has 192 valence electrons. The molecular formula is C25H35Cl2N5O3. The number of rotatable bonds is 10. The molecule has 2 aromatic carbocycles. The molecule has 8 nitrogen and oxygen atoms in total. The number of nitrogens with one attached hydrogen (secondary N) is 2. The number of benzene rings is 2. The summed E-state index contributed by atoms with van der Waals surface area (Å²) in [5.74, 6) is -0.312. The molecule has 35 heavy (non-hydrogen) atoms. The highest BCUT2D eigenvalue weighted by atomic mass is 35.5. The van der Waals surface area contributed by atoms with Gasteiger partial charge in [0.15, 0.2) is 0 Å². The van der Waals surface area contributed by atoms with Gasteiger partial charge in [0, 0.05) is 31.7 Å². The first-order chi connectivity index (χ1) is 15.9. The average molecular weight is 524 g/mol. The van der Waals surface area contributed by atoms with Crippen LogP contribution >= 0.6 is 24.8 Å². The van der Waals surface area contributed by atoms with Crippen molar-refractivity contribution in [2.45, 2.75) is 37.9 Å². The van der Waals surface area contributed by atoms with E-state index >= 15 is 0 Å². The lowest BCUT2D eigenvalue weighted by Gasteiger charge is -2.27. The van der Waals surface area contributed by atoms with Gasteiger partial charge in [0.05, 0.1) is 12.6 Å². The van der Waals surface area contributed by atoms with Crippen LogP contribution in [0.3, 0.4) is 0 Å². The fraction of sp³-hybridized carbons (Fsp3) is 0.400. The van der Waals surface area contributed by atoms with Crippen LogP contribution in [0.4, 0.5) is 0 Å². The topological polar surface area (TPSA) is 135 Å². The van der Waals surface area contributed by atoms with Gasteiger partial charge in [0.2, 0.25) is 11.8 Å². The van der Waals surface area contributed by atoms with E-state index in [1.54, 1.807) is 24.1 Å². The molecule has 1 aliphatic rings. The number of likely N-dealkylation sites (tertiary alicyclic amines) is 1. The van der Waals surface area contributed by atoms with E-state index in [0.717, 1.165) is 11.1 Å². The lowest BCUT2D eigenvalue weighted by Crippen LogP contribution is -2.51. The number of methoxy groups -OCH3 is 1. The number of amidine groups is 1. The second kappa shape index (κ2) is 14.7. The molecule has 0 aromatic heterocycles. The summed E-state index contributed by atoms with van der Waals surface area (Å²) in [6.07, 6.45) is 1.77. The first-order valence-electron chi connectivity index (χ1n) is 11.2. The van der Waals surface area contributed by atoms with Gasteiger partial charge in [0.25, 0.3) is 0 Å². The van der Waals surface area contributed by atoms with Crippen LogP contribution in [0.2, 0.25) is 0 Å². The van der Waals surface area contributed by atoms with E-state index in [1.165, 1.54) is 0 Å². The number of nitrogens with two attached hydrogens (primary N) is 2. The maximum atomic E-state index is 13.2. The zero-order valence-electron chi connectivity index (χ0n) is 19.8. The second-order valence-corrected chi connectivity index (χ2v) is 8.52. The summed E-state index contributed by atoms with van der Waals surface area (Å²) < 4.78 is 5.28. The number of halogens is 2. The SMILES string of the molecule is COC[C@H]1C[C@@H](C(=O)NCc2ccc(C(=N)N)cc2)N(C(=O)[C@H](N)CCc2ccccc2)C1.Cl.Cl. The van der Waals surface area contributed by atoms with Crippen molar-refractivity contribution in [2.75, 3.05) is 20.3 Å². The second-order valence-electron chi connectivity index (χ2n) is 8.52. The molecule has 1 fully saturated rings. The third-order valence-corrected chi connectivity index (χ3v) is 6.01. The number of nitrogen functional groups attached to an aromatic ring is 1. The van der Waals surface area contributed by atoms with Crippen LogP contribution in [0.15, 0.2) is 54.6 Å². The standard InChI is InChI=1S/C25H33N5O3.2ClH/c1-33-16-19-13-22(24(31)29-14-18-7-10-20(11-8-18)23(27)28)30(15-19)25(32)21(26)12-9-17-5-3-2-4-6-17;;/h2-8,10-11,19,21-22H,9,12-16,26H2,1H3,(H3,27,28)(H,29,31);2*1H/t19-,21+,22-;;/m0../s1. The summed E-state index contributed by atoms with van der Waals surface area (Å²) in [5, 5.41) is 10.4. The number of carbonyl (C=O) groups excluding carboxylic acids is 2. The van der Waals surface area contributed by atoms with E-state index in [1.807, 2.05) is 42.5 Å². The minimum atomic E-state index is -0.666. The largest absolute Gasteiger partial charge is 0.384 e. The normalized spacial score (nSPS) is 17.6. The van der Waals surface area contributed by atoms with Crippen molar-refractivity contribution in [3.63, 3.8) is 0 Å². The van der Waals surface area contributed by atoms with Gasteiger partial charge in [-0.25, -0.2) is 0 Å². The van der Waals surface area contributed by atoms with Crippen LogP contribution in [0.5, 0.6) is 0 Å². The van der Waals surface area contributed by atoms with E-state index in [0.29, 0.717) is 44.5 Å². The Kier molecular flexibility index (Phi) is 12.7. The first-order valence-corrected chi connectivity index (χ1v) is 11.2. The van der Waals surface area contributed by atoms with Crippen LogP contribution in [0.25, 0.3) is 0 Å². The Balaban J connectivity index is 0.00000306. The molecule has 0 spiro atoms. The van der Waals surface area contributed by atoms with Crippen molar-refractivity contribution >= 4 is 42.5 Å². The summed E-state index contributed by atoms with van der Waals surface area (Å²) in [5.41, 5.74) is 14.4. The van der Waals surface area contributed by atoms with E-state index in [9.17, 15) is 9.59 Å². The number of aryl methyl sites for hydroxylation is 1. The van der Waals surface area contributed by atoms with Gasteiger partial charge < -0.3 is 26.4 Å². The van der Waals surface area contributed by atoms with Crippen LogP contribution in [-0.2, 0) is 27.3 Å². The Labute approximate surface area is 219 Å². The van der Waals surface area contributed by atoms with Crippen LogP contribution in [0.1, 0.15) is 29.5 Å². The van der Waals surface area contributed by atoms with Crippen molar-refractivity contribution in [1.29, 1.82) is 5.41 Å². The molecule has 2 aromatic rings. The summed E-state index contributed by atoms with van der Waals surface area (Å²) in [6.45, 7) is 1.26. The molecule has 0 bridgehead atoms. The lowest BCUT2D eigenvalue weighted by atomic mass is 10.0. The molecule has 10 heteroatoms. The third-order valence-electron chi connectivity index (χ3n) is 6.01. The summed E-state index contributed by atoms with van der Waals surface area (Å²) in [7, 11) is 1.62. The average Bonchev–Trinajstić information content (AvgIpc) is 3.25. The highest BCUT2D eigenvalue weighted by Gasteiger charge is 2.40. The first kappa shape index (κ1) is 30.4. The maximum Gasteiger partial charge on any atom is 0.243 e. The Bertz CT molecular complexity index is 959. The highest BCUT2D eigenvalue weighted by Crippen LogP contribution is 2.25. The van der Waals surface area contributed by atoms with Crippen LogP contribution in [0, 0.1) is 11.3 Å². The minimum absolute atomic E-state index is 0. The van der Waals surface area contributed by atoms with Gasteiger partial charge >= 0.3 is 0 Å². The molecule has 3 atom stereocenters. The predicted octanol–water partition coefficient (Wildman–Crippen LogP) is 2.25. The smallest absolute Gasteiger partial charge is 0.243 e. The van der Waals surface area contributed by atoms with Gasteiger partial charge in [-0.05, 0) is 30.4 Å². The summed E-state index contributed by atoms with van der Waals surface area (Å²) >= 11 is 0. The van der Waals surface area contributed by atoms with Crippen LogP contribution < -0.4 is 16.8 Å². The molecule has 2 amide bonds. The zero-order valence-corrected chi connectivity index (χ0v) is 21.4. The molecule has 3 rings (SSSR count). The van der Waals surface area contributed by atoms with E-state index in [-0.39, 0.29) is 48.4 Å². The van der Waals surface area contributed by atoms with Gasteiger partial charge in [-0.1, -0.05) is 54.6 Å². The van der Waals surface area contributed by atoms with E-state index in [4.69, 9.17) is 21.6 Å². The Morgan fingerprint density at radius 1 is 1.11 bits per heavy atom. The van der Waals surface area contributed by atoms with E-state index < -0.39 is 12.1 Å². The number of amides is 2. The van der Waals surface area contributed by atoms with Gasteiger partial charge in [-0.15, -0.1) is 24.8 Å². The van der Waals surface area contributed by atoms with Gasteiger partial charge in [-0.2, -0.15) is 0 Å². The summed E-state index contributed by atoms with van der Waals surface area (Å²) in [4.78, 5) is 27.8. The number of nitrogens with zero attached hydrogens (tertiary/aromatic N) is 1. The molecule has 0 saturated carbocycles. The Morgan fingerprint density at radius 3 is 2.37 bits per heavy atom. The predicted molar refractivity (Wildman–Crippen MR) is 142 cm³/mol. The van der Waals surface area contributed by atoms with E-state index in [2.05, 4.69) is 5.32 Å². The minimum Gasteiger partial charge on any atom is -0.384 e. The highest BCUT2D eigenvalue weighted by molar-refractivity contribution is 5.95. The van der Waals surface area contributed by atoms with Crippen molar-refractivity contribution in [3.8, 4) is 0 Å². The van der Waals surface area contributed by atoms with Crippen molar-refractivity contribution < 1.29 is 14.3 Å². The fourth-order valence-electron chi connectivity index (χ4n) is 4.18. The number of carbonyl (C=O) groups is 2. The Hall–Kier alpha value is -2.65. The van der Waals surface area contributed by atoms with Crippen molar-refractivity contribution in [2.24, 2.45) is 17.4 Å². The Morgan fingerprint density at radius 2 is 1.77 bits per heavy atom. The van der Waals surface area contributed by atoms with Gasteiger partial charge in [-0.3, -0.25) is 15.0 Å². The molecule has 0 radical (unpaired) electrons. The molecular weight excluding hydrogens is 489 g/mol. The van der Waals surface area contributed by atoms with Crippen molar-refractivity contribution in [3.05, 3.63) is 71.3 Å². The van der Waals surface area contributed by atoms with Crippen LogP contribution in [-0.4, -0.2) is 54.9 Å². The number of hydrogen-bond donors (Lipinski definition) is 4. The molecule has 0 aliphatic carbocycles. The molecule has 1 aliphatic heterocycles. The van der Waals surface area contributed by atoms with Crippen molar-refractivity contribution in [1.82, 2.24) is 10.2 Å². The summed E-state index contributed by atoms with van der Waals surface area (Å²) in [6, 6.07) is 15.8. The molecule has 0 unspecified atom stereocenters. The fourth-order valence-corrected chi connectivity index (χ4v) is 4.18. The quantitative estimate of drug-likeness (QED) is 0.279. The number of ether oxygens (including phenoxy) is 1. The molecule has 1 heterocycles. The maximum absolute atomic E-state index is 13.2. The number of hydrogen-bond acceptors (Lipinski definition) is 5. The molecule has 1 saturated heterocycles. The molecule has 6 N–H and O–H groups in total. The third kappa shape index (κ3) is 8.50. The lowest BCUT2D eigenvalue weighted by molar-refractivity contribution is -0.139. The monoisotopic (exact) mass is 523 g/mol. The van der Waals surface area contributed by atoms with Gasteiger partial charge in [0.1, 0.15) is 11.9 Å². The zero-order chi connectivity index (χ0) is 23.8.